The van der Waals surface area contributed by atoms with Crippen LogP contribution in [0, 0.1) is 0 Å². The third-order valence-corrected chi connectivity index (χ3v) is 3.02. The Balaban J connectivity index is 1.80. The van der Waals surface area contributed by atoms with Gasteiger partial charge in [-0.15, -0.1) is 0 Å². The molecule has 0 radical (unpaired) electrons. The van der Waals surface area contributed by atoms with Crippen LogP contribution in [0.15, 0.2) is 48.7 Å². The third-order valence-electron chi connectivity index (χ3n) is 3.02. The summed E-state index contributed by atoms with van der Waals surface area (Å²) < 4.78 is 0. The molecule has 98 valence electrons. The van der Waals surface area contributed by atoms with Gasteiger partial charge in [0, 0.05) is 12.6 Å². The first-order valence-corrected chi connectivity index (χ1v) is 6.35. The van der Waals surface area contributed by atoms with E-state index in [4.69, 9.17) is 0 Å². The van der Waals surface area contributed by atoms with E-state index in [0.717, 1.165) is 40.8 Å². The van der Waals surface area contributed by atoms with Crippen molar-refractivity contribution in [2.75, 3.05) is 0 Å². The summed E-state index contributed by atoms with van der Waals surface area (Å²) >= 11 is 0. The Morgan fingerprint density at radius 1 is 1.15 bits per heavy atom. The number of aldehydes is 1. The van der Waals surface area contributed by atoms with Crippen LogP contribution in [-0.2, 0) is 11.2 Å². The fourth-order valence-electron chi connectivity index (χ4n) is 2.07. The maximum Gasteiger partial charge on any atom is 0.157 e. The first kappa shape index (κ1) is 12.3. The molecule has 4 nitrogen and oxygen atoms in total. The van der Waals surface area contributed by atoms with Crippen LogP contribution < -0.4 is 0 Å². The second-order valence-corrected chi connectivity index (χ2v) is 4.47. The predicted octanol–water partition coefficient (Wildman–Crippen LogP) is 2.76. The van der Waals surface area contributed by atoms with E-state index in [1.54, 1.807) is 12.3 Å². The van der Waals surface area contributed by atoms with Crippen LogP contribution >= 0.6 is 0 Å². The van der Waals surface area contributed by atoms with Crippen molar-refractivity contribution in [3.63, 3.8) is 0 Å². The molecule has 2 aromatic heterocycles. The average molecular weight is 263 g/mol. The lowest BCUT2D eigenvalue weighted by atomic mass is 10.1. The van der Waals surface area contributed by atoms with E-state index in [1.807, 2.05) is 36.4 Å². The summed E-state index contributed by atoms with van der Waals surface area (Å²) in [6.07, 6.45) is 6.52. The van der Waals surface area contributed by atoms with Gasteiger partial charge in [0.25, 0.3) is 0 Å². The van der Waals surface area contributed by atoms with Gasteiger partial charge < -0.3 is 4.98 Å². The number of imidazole rings is 1. The maximum atomic E-state index is 10.3. The molecule has 3 rings (SSSR count). The summed E-state index contributed by atoms with van der Waals surface area (Å²) in [5.41, 5.74) is 3.86. The first-order valence-electron chi connectivity index (χ1n) is 6.35. The SMILES string of the molecule is O=C/C=C/c1ccc(Cc2nc3cccnc3[nH]2)cc1. The summed E-state index contributed by atoms with van der Waals surface area (Å²) in [7, 11) is 0. The van der Waals surface area contributed by atoms with E-state index in [2.05, 4.69) is 15.0 Å². The van der Waals surface area contributed by atoms with Crippen LogP contribution in [0.3, 0.4) is 0 Å². The Bertz CT molecular complexity index is 724. The van der Waals surface area contributed by atoms with Crippen molar-refractivity contribution >= 4 is 23.5 Å². The van der Waals surface area contributed by atoms with Crippen molar-refractivity contribution in [2.45, 2.75) is 6.42 Å². The minimum atomic E-state index is 0.730. The van der Waals surface area contributed by atoms with Gasteiger partial charge in [-0.2, -0.15) is 0 Å². The number of nitrogens with zero attached hydrogens (tertiary/aromatic N) is 2. The minimum Gasteiger partial charge on any atom is -0.326 e. The molecule has 3 aromatic rings. The summed E-state index contributed by atoms with van der Waals surface area (Å²) in [4.78, 5) is 22.2. The summed E-state index contributed by atoms with van der Waals surface area (Å²) in [6, 6.07) is 11.8. The van der Waals surface area contributed by atoms with Gasteiger partial charge in [-0.25, -0.2) is 9.97 Å². The molecule has 0 bridgehead atoms. The van der Waals surface area contributed by atoms with Gasteiger partial charge in [0.2, 0.25) is 0 Å². The molecule has 1 N–H and O–H groups in total. The Morgan fingerprint density at radius 3 is 2.75 bits per heavy atom. The average Bonchev–Trinajstić information content (AvgIpc) is 2.89. The first-order chi connectivity index (χ1) is 9.85. The van der Waals surface area contributed by atoms with Gasteiger partial charge in [0.05, 0.1) is 0 Å². The van der Waals surface area contributed by atoms with Gasteiger partial charge in [0.1, 0.15) is 17.6 Å². The zero-order valence-electron chi connectivity index (χ0n) is 10.8. The molecule has 20 heavy (non-hydrogen) atoms. The highest BCUT2D eigenvalue weighted by molar-refractivity contribution is 5.73. The molecule has 1 aromatic carbocycles. The molecule has 0 aliphatic heterocycles. The van der Waals surface area contributed by atoms with E-state index >= 15 is 0 Å². The molecule has 0 aliphatic carbocycles. The molecule has 0 amide bonds. The normalized spacial score (nSPS) is 11.2. The standard InChI is InChI=1S/C16H13N3O/c20-10-2-3-12-5-7-13(8-6-12)11-15-18-14-4-1-9-17-16(14)19-15/h1-10H,11H2,(H,17,18,19)/b3-2+. The molecule has 0 saturated carbocycles. The van der Waals surface area contributed by atoms with Crippen molar-refractivity contribution in [2.24, 2.45) is 0 Å². The number of carbonyl (C=O) groups excluding carboxylic acids is 1. The molecule has 0 saturated heterocycles. The third kappa shape index (κ3) is 2.64. The molecular weight excluding hydrogens is 250 g/mol. The van der Waals surface area contributed by atoms with Crippen LogP contribution in [0.25, 0.3) is 17.2 Å². The lowest BCUT2D eigenvalue weighted by molar-refractivity contribution is -0.104. The number of rotatable bonds is 4. The molecule has 0 aliphatic rings. The second kappa shape index (κ2) is 5.48. The number of aromatic amines is 1. The Labute approximate surface area is 116 Å². The number of allylic oxidation sites excluding steroid dienone is 1. The highest BCUT2D eigenvalue weighted by Crippen LogP contribution is 2.13. The number of pyridine rings is 1. The second-order valence-electron chi connectivity index (χ2n) is 4.47. The largest absolute Gasteiger partial charge is 0.326 e. The van der Waals surface area contributed by atoms with E-state index in [9.17, 15) is 4.79 Å². The van der Waals surface area contributed by atoms with Crippen LogP contribution in [0.5, 0.6) is 0 Å². The number of aromatic nitrogens is 3. The van der Waals surface area contributed by atoms with Crippen LogP contribution in [0.4, 0.5) is 0 Å². The number of benzene rings is 1. The van der Waals surface area contributed by atoms with E-state index in [0.29, 0.717) is 0 Å². The van der Waals surface area contributed by atoms with Gasteiger partial charge in [-0.3, -0.25) is 4.79 Å². The molecule has 0 unspecified atom stereocenters. The molecule has 0 atom stereocenters. The van der Waals surface area contributed by atoms with Gasteiger partial charge in [-0.1, -0.05) is 30.3 Å². The topological polar surface area (TPSA) is 58.6 Å². The number of nitrogens with one attached hydrogen (secondary N) is 1. The van der Waals surface area contributed by atoms with E-state index in [1.165, 1.54) is 6.08 Å². The fourth-order valence-corrected chi connectivity index (χ4v) is 2.07. The smallest absolute Gasteiger partial charge is 0.157 e. The van der Waals surface area contributed by atoms with E-state index in [-0.39, 0.29) is 0 Å². The van der Waals surface area contributed by atoms with Crippen molar-refractivity contribution in [3.8, 4) is 0 Å². The van der Waals surface area contributed by atoms with Crippen LogP contribution in [0.1, 0.15) is 17.0 Å². The number of hydrogen-bond donors (Lipinski definition) is 1. The van der Waals surface area contributed by atoms with Crippen molar-refractivity contribution in [3.05, 3.63) is 65.6 Å². The molecule has 4 heteroatoms. The van der Waals surface area contributed by atoms with Crippen molar-refractivity contribution in [1.82, 2.24) is 15.0 Å². The highest BCUT2D eigenvalue weighted by atomic mass is 16.1. The predicted molar refractivity (Wildman–Crippen MR) is 78.2 cm³/mol. The van der Waals surface area contributed by atoms with E-state index < -0.39 is 0 Å². The van der Waals surface area contributed by atoms with Gasteiger partial charge in [0.15, 0.2) is 5.65 Å². The Hall–Kier alpha value is -2.75. The summed E-state index contributed by atoms with van der Waals surface area (Å²) in [6.45, 7) is 0. The Morgan fingerprint density at radius 2 is 2.00 bits per heavy atom. The zero-order chi connectivity index (χ0) is 13.8. The molecule has 2 heterocycles. The quantitative estimate of drug-likeness (QED) is 0.581. The number of hydrogen-bond acceptors (Lipinski definition) is 3. The lowest BCUT2D eigenvalue weighted by Crippen LogP contribution is -1.90. The minimum absolute atomic E-state index is 0.730. The number of carbonyl (C=O) groups is 1. The molecule has 0 fully saturated rings. The monoisotopic (exact) mass is 263 g/mol. The fraction of sp³-hybridized carbons (Fsp3) is 0.0625. The zero-order valence-corrected chi connectivity index (χ0v) is 10.8. The van der Waals surface area contributed by atoms with Gasteiger partial charge in [-0.05, 0) is 29.3 Å². The number of H-pyrrole nitrogens is 1. The Kier molecular flexibility index (Phi) is 3.37. The van der Waals surface area contributed by atoms with Gasteiger partial charge >= 0.3 is 0 Å². The highest BCUT2D eigenvalue weighted by Gasteiger charge is 2.03. The maximum absolute atomic E-state index is 10.3. The van der Waals surface area contributed by atoms with Crippen molar-refractivity contribution < 1.29 is 4.79 Å². The summed E-state index contributed by atoms with van der Waals surface area (Å²) in [5.74, 6) is 0.898. The number of fused-ring (bicyclic) bond motifs is 1. The summed E-state index contributed by atoms with van der Waals surface area (Å²) in [5, 5.41) is 0. The molecular formula is C16H13N3O. The molecule has 0 spiro atoms. The van der Waals surface area contributed by atoms with Crippen LogP contribution in [0.2, 0.25) is 0 Å². The lowest BCUT2D eigenvalue weighted by Gasteiger charge is -1.99. The van der Waals surface area contributed by atoms with Crippen molar-refractivity contribution in [1.29, 1.82) is 0 Å². The van der Waals surface area contributed by atoms with Crippen LogP contribution in [-0.4, -0.2) is 21.2 Å².